The molecular formula is C16H17ClFN3O2. The van der Waals surface area contributed by atoms with Crippen molar-refractivity contribution < 1.29 is 14.3 Å². The van der Waals surface area contributed by atoms with Crippen molar-refractivity contribution in [2.24, 2.45) is 7.05 Å². The minimum absolute atomic E-state index is 0.0445. The number of benzene rings is 1. The molecule has 0 radical (unpaired) electrons. The van der Waals surface area contributed by atoms with Crippen molar-refractivity contribution in [1.82, 2.24) is 9.78 Å². The molecule has 0 saturated heterocycles. The number of anilines is 2. The number of nitrogens with zero attached hydrogens (tertiary/aromatic N) is 2. The molecule has 1 aromatic carbocycles. The van der Waals surface area contributed by atoms with E-state index in [1.807, 2.05) is 0 Å². The summed E-state index contributed by atoms with van der Waals surface area (Å²) in [5.74, 6) is -1.01. The highest BCUT2D eigenvalue weighted by molar-refractivity contribution is 6.31. The number of carbonyl (C=O) groups is 1. The number of halogens is 2. The fourth-order valence-corrected chi connectivity index (χ4v) is 3.43. The molecule has 0 atom stereocenters. The van der Waals surface area contributed by atoms with E-state index < -0.39 is 17.2 Å². The normalized spacial score (nSPS) is 16.5. The first-order valence-corrected chi connectivity index (χ1v) is 7.80. The molecule has 2 N–H and O–H groups in total. The molecule has 0 amide bonds. The molecule has 1 aliphatic rings. The lowest BCUT2D eigenvalue weighted by Crippen LogP contribution is -2.33. The van der Waals surface area contributed by atoms with Gasteiger partial charge in [0, 0.05) is 13.1 Å². The summed E-state index contributed by atoms with van der Waals surface area (Å²) in [6, 6.07) is 4.72. The van der Waals surface area contributed by atoms with Crippen LogP contribution in [0.2, 0.25) is 5.02 Å². The van der Waals surface area contributed by atoms with Crippen molar-refractivity contribution >= 4 is 29.1 Å². The van der Waals surface area contributed by atoms with E-state index in [0.29, 0.717) is 24.2 Å². The Morgan fingerprint density at radius 1 is 1.39 bits per heavy atom. The molecular weight excluding hydrogens is 321 g/mol. The molecule has 122 valence electrons. The number of rotatable bonds is 4. The molecule has 1 heterocycles. The standard InChI is InChI=1S/C16H17ClFN3O2/c1-21-12(6-9-19-21)20-14-10(4-5-11(17)13(14)18)16(15(22)23)7-2-3-8-16/h4-6,9,20H,2-3,7-8H2,1H3,(H,22,23). The van der Waals surface area contributed by atoms with Crippen molar-refractivity contribution in [3.8, 4) is 0 Å². The van der Waals surface area contributed by atoms with E-state index in [-0.39, 0.29) is 10.7 Å². The molecule has 7 heteroatoms. The number of aromatic nitrogens is 2. The van der Waals surface area contributed by atoms with E-state index in [9.17, 15) is 14.3 Å². The fraction of sp³-hybridized carbons (Fsp3) is 0.375. The van der Waals surface area contributed by atoms with Gasteiger partial charge in [-0.15, -0.1) is 0 Å². The Hall–Kier alpha value is -2.08. The van der Waals surface area contributed by atoms with Gasteiger partial charge in [-0.25, -0.2) is 4.39 Å². The first-order valence-electron chi connectivity index (χ1n) is 7.42. The third-order valence-electron chi connectivity index (χ3n) is 4.55. The van der Waals surface area contributed by atoms with Crippen molar-refractivity contribution in [1.29, 1.82) is 0 Å². The van der Waals surface area contributed by atoms with Gasteiger partial charge in [0.25, 0.3) is 0 Å². The van der Waals surface area contributed by atoms with E-state index in [4.69, 9.17) is 11.6 Å². The highest BCUT2D eigenvalue weighted by Crippen LogP contribution is 2.46. The van der Waals surface area contributed by atoms with Crippen LogP contribution in [0.25, 0.3) is 0 Å². The van der Waals surface area contributed by atoms with Crippen molar-refractivity contribution in [3.05, 3.63) is 40.8 Å². The summed E-state index contributed by atoms with van der Waals surface area (Å²) in [6.07, 6.45) is 4.17. The molecule has 1 saturated carbocycles. The van der Waals surface area contributed by atoms with Gasteiger partial charge in [-0.05, 0) is 24.5 Å². The lowest BCUT2D eigenvalue weighted by Gasteiger charge is -2.28. The first-order chi connectivity index (χ1) is 11.0. The van der Waals surface area contributed by atoms with Crippen LogP contribution in [0.1, 0.15) is 31.2 Å². The minimum atomic E-state index is -1.08. The molecule has 0 spiro atoms. The molecule has 1 aromatic heterocycles. The number of hydrogen-bond donors (Lipinski definition) is 2. The van der Waals surface area contributed by atoms with E-state index in [1.54, 1.807) is 30.1 Å². The Balaban J connectivity index is 2.15. The van der Waals surface area contributed by atoms with E-state index >= 15 is 0 Å². The third-order valence-corrected chi connectivity index (χ3v) is 4.84. The summed E-state index contributed by atoms with van der Waals surface area (Å²) in [7, 11) is 1.72. The van der Waals surface area contributed by atoms with Gasteiger partial charge in [0.1, 0.15) is 5.82 Å². The number of aryl methyl sites for hydroxylation is 1. The Morgan fingerprint density at radius 2 is 2.09 bits per heavy atom. The summed E-state index contributed by atoms with van der Waals surface area (Å²) in [6.45, 7) is 0. The summed E-state index contributed by atoms with van der Waals surface area (Å²) >= 11 is 5.91. The Kier molecular flexibility index (Phi) is 4.02. The average molecular weight is 338 g/mol. The zero-order chi connectivity index (χ0) is 16.6. The maximum Gasteiger partial charge on any atom is 0.314 e. The van der Waals surface area contributed by atoms with Gasteiger partial charge in [-0.1, -0.05) is 30.5 Å². The highest BCUT2D eigenvalue weighted by Gasteiger charge is 2.45. The highest BCUT2D eigenvalue weighted by atomic mass is 35.5. The van der Waals surface area contributed by atoms with Crippen molar-refractivity contribution in [3.63, 3.8) is 0 Å². The predicted octanol–water partition coefficient (Wildman–Crippen LogP) is 3.85. The first kappa shape index (κ1) is 15.8. The molecule has 3 rings (SSSR count). The van der Waals surface area contributed by atoms with Gasteiger partial charge in [-0.3, -0.25) is 9.48 Å². The average Bonchev–Trinajstić information content (AvgIpc) is 3.15. The quantitative estimate of drug-likeness (QED) is 0.889. The van der Waals surface area contributed by atoms with Crippen LogP contribution in [-0.2, 0) is 17.3 Å². The molecule has 0 unspecified atom stereocenters. The van der Waals surface area contributed by atoms with Gasteiger partial charge in [0.15, 0.2) is 5.82 Å². The van der Waals surface area contributed by atoms with Gasteiger partial charge in [0.2, 0.25) is 0 Å². The molecule has 0 aliphatic heterocycles. The number of hydrogen-bond acceptors (Lipinski definition) is 3. The second kappa shape index (κ2) is 5.85. The Morgan fingerprint density at radius 3 is 2.65 bits per heavy atom. The fourth-order valence-electron chi connectivity index (χ4n) is 3.27. The maximum absolute atomic E-state index is 14.7. The van der Waals surface area contributed by atoms with Crippen LogP contribution >= 0.6 is 11.6 Å². The number of nitrogens with one attached hydrogen (secondary N) is 1. The second-order valence-corrected chi connectivity index (χ2v) is 6.25. The van der Waals surface area contributed by atoms with E-state index in [0.717, 1.165) is 12.8 Å². The molecule has 0 bridgehead atoms. The van der Waals surface area contributed by atoms with Crippen molar-refractivity contribution in [2.75, 3.05) is 5.32 Å². The van der Waals surface area contributed by atoms with E-state index in [1.165, 1.54) is 6.07 Å². The van der Waals surface area contributed by atoms with Gasteiger partial charge in [0.05, 0.1) is 22.3 Å². The largest absolute Gasteiger partial charge is 0.481 e. The van der Waals surface area contributed by atoms with Crippen LogP contribution in [0.15, 0.2) is 24.4 Å². The van der Waals surface area contributed by atoms with Crippen LogP contribution in [0, 0.1) is 5.82 Å². The number of carboxylic acid groups (broad SMARTS) is 1. The Labute approximate surface area is 138 Å². The van der Waals surface area contributed by atoms with Crippen LogP contribution in [-0.4, -0.2) is 20.9 Å². The van der Waals surface area contributed by atoms with Crippen LogP contribution in [0.3, 0.4) is 0 Å². The molecule has 5 nitrogen and oxygen atoms in total. The summed E-state index contributed by atoms with van der Waals surface area (Å²) in [5, 5.41) is 16.7. The molecule has 1 aliphatic carbocycles. The smallest absolute Gasteiger partial charge is 0.314 e. The second-order valence-electron chi connectivity index (χ2n) is 5.84. The Bertz CT molecular complexity index is 754. The van der Waals surface area contributed by atoms with Gasteiger partial charge >= 0.3 is 5.97 Å². The lowest BCUT2D eigenvalue weighted by molar-refractivity contribution is -0.143. The minimum Gasteiger partial charge on any atom is -0.481 e. The van der Waals surface area contributed by atoms with Crippen LogP contribution < -0.4 is 5.32 Å². The summed E-state index contributed by atoms with van der Waals surface area (Å²) < 4.78 is 16.2. The monoisotopic (exact) mass is 337 g/mol. The van der Waals surface area contributed by atoms with Crippen LogP contribution in [0.4, 0.5) is 15.9 Å². The zero-order valence-electron chi connectivity index (χ0n) is 12.6. The van der Waals surface area contributed by atoms with Gasteiger partial charge in [-0.2, -0.15) is 5.10 Å². The van der Waals surface area contributed by atoms with Crippen molar-refractivity contribution in [2.45, 2.75) is 31.1 Å². The topological polar surface area (TPSA) is 67.2 Å². The zero-order valence-corrected chi connectivity index (χ0v) is 13.4. The molecule has 1 fully saturated rings. The lowest BCUT2D eigenvalue weighted by atomic mass is 9.78. The van der Waals surface area contributed by atoms with Gasteiger partial charge < -0.3 is 10.4 Å². The third kappa shape index (κ3) is 2.57. The number of aliphatic carboxylic acids is 1. The molecule has 23 heavy (non-hydrogen) atoms. The maximum atomic E-state index is 14.7. The predicted molar refractivity (Wildman–Crippen MR) is 85.7 cm³/mol. The van der Waals surface area contributed by atoms with E-state index in [2.05, 4.69) is 10.4 Å². The summed E-state index contributed by atoms with van der Waals surface area (Å²) in [4.78, 5) is 11.9. The molecule has 2 aromatic rings. The SMILES string of the molecule is Cn1nccc1Nc1c(C2(C(=O)O)CCCC2)ccc(Cl)c1F. The van der Waals surface area contributed by atoms with Crippen LogP contribution in [0.5, 0.6) is 0 Å². The summed E-state index contributed by atoms with van der Waals surface area (Å²) in [5.41, 5.74) is -0.525. The number of carboxylic acids is 1.